The molecule has 0 aliphatic carbocycles. The molecule has 0 aliphatic heterocycles. The number of benzene rings is 2. The van der Waals surface area contributed by atoms with Gasteiger partial charge in [-0.1, -0.05) is 31.2 Å². The number of methoxy groups -OCH3 is 1. The van der Waals surface area contributed by atoms with Gasteiger partial charge in [0.15, 0.2) is 11.5 Å². The molecule has 0 saturated heterocycles. The fourth-order valence-corrected chi connectivity index (χ4v) is 2.45. The van der Waals surface area contributed by atoms with E-state index in [2.05, 4.69) is 6.92 Å². The van der Waals surface area contributed by atoms with E-state index in [0.29, 0.717) is 31.1 Å². The molecule has 0 amide bonds. The highest BCUT2D eigenvalue weighted by Crippen LogP contribution is 2.32. The first-order valence-corrected chi connectivity index (χ1v) is 8.36. The summed E-state index contributed by atoms with van der Waals surface area (Å²) >= 11 is 0. The van der Waals surface area contributed by atoms with Crippen molar-refractivity contribution in [1.82, 2.24) is 0 Å². The third-order valence-electron chi connectivity index (χ3n) is 3.82. The number of ether oxygens (including phenoxy) is 3. The highest BCUT2D eigenvalue weighted by Gasteiger charge is 2.12. The Bertz CT molecular complexity index is 679. The van der Waals surface area contributed by atoms with Crippen molar-refractivity contribution in [3.63, 3.8) is 0 Å². The predicted molar refractivity (Wildman–Crippen MR) is 95.8 cm³/mol. The van der Waals surface area contributed by atoms with Crippen molar-refractivity contribution in [1.29, 1.82) is 0 Å². The van der Waals surface area contributed by atoms with Crippen LogP contribution in [0.15, 0.2) is 42.5 Å². The molecule has 0 aromatic heterocycles. The van der Waals surface area contributed by atoms with Gasteiger partial charge in [-0.3, -0.25) is 4.79 Å². The molecule has 0 aliphatic rings. The smallest absolute Gasteiger partial charge is 0.303 e. The molecule has 0 atom stereocenters. The van der Waals surface area contributed by atoms with E-state index in [0.717, 1.165) is 17.7 Å². The number of aryl methyl sites for hydroxylation is 2. The quantitative estimate of drug-likeness (QED) is 0.665. The summed E-state index contributed by atoms with van der Waals surface area (Å²) < 4.78 is 16.8. The average molecular weight is 344 g/mol. The van der Waals surface area contributed by atoms with Gasteiger partial charge in [-0.2, -0.15) is 0 Å². The molecule has 0 unspecified atom stereocenters. The van der Waals surface area contributed by atoms with Crippen LogP contribution in [-0.4, -0.2) is 31.4 Å². The average Bonchev–Trinajstić information content (AvgIpc) is 2.64. The van der Waals surface area contributed by atoms with Crippen molar-refractivity contribution in [2.45, 2.75) is 26.2 Å². The zero-order chi connectivity index (χ0) is 18.1. The van der Waals surface area contributed by atoms with Crippen LogP contribution in [0.3, 0.4) is 0 Å². The van der Waals surface area contributed by atoms with Gasteiger partial charge >= 0.3 is 5.97 Å². The van der Waals surface area contributed by atoms with Crippen LogP contribution in [0, 0.1) is 0 Å². The van der Waals surface area contributed by atoms with E-state index in [4.69, 9.17) is 19.3 Å². The molecule has 2 aromatic rings. The summed E-state index contributed by atoms with van der Waals surface area (Å²) in [6.07, 6.45) is 1.43. The van der Waals surface area contributed by atoms with E-state index < -0.39 is 5.97 Å². The lowest BCUT2D eigenvalue weighted by Crippen LogP contribution is -2.11. The Morgan fingerprint density at radius 1 is 1.04 bits per heavy atom. The summed E-state index contributed by atoms with van der Waals surface area (Å²) in [6.45, 7) is 2.84. The van der Waals surface area contributed by atoms with E-state index in [-0.39, 0.29) is 6.42 Å². The molecular weight excluding hydrogens is 320 g/mol. The Hall–Kier alpha value is -2.69. The molecule has 25 heavy (non-hydrogen) atoms. The van der Waals surface area contributed by atoms with Crippen LogP contribution in [0.25, 0.3) is 0 Å². The van der Waals surface area contributed by atoms with Crippen LogP contribution in [0.5, 0.6) is 17.2 Å². The van der Waals surface area contributed by atoms with Gasteiger partial charge in [-0.15, -0.1) is 0 Å². The van der Waals surface area contributed by atoms with E-state index >= 15 is 0 Å². The van der Waals surface area contributed by atoms with E-state index in [1.807, 2.05) is 36.4 Å². The lowest BCUT2D eigenvalue weighted by molar-refractivity contribution is -0.136. The Morgan fingerprint density at radius 3 is 2.40 bits per heavy atom. The molecule has 0 bridgehead atoms. The molecule has 2 rings (SSSR count). The molecule has 2 aromatic carbocycles. The van der Waals surface area contributed by atoms with Crippen molar-refractivity contribution in [3.8, 4) is 17.2 Å². The summed E-state index contributed by atoms with van der Waals surface area (Å²) in [5.41, 5.74) is 2.08. The Balaban J connectivity index is 1.92. The number of hydrogen-bond donors (Lipinski definition) is 1. The number of hydrogen-bond acceptors (Lipinski definition) is 4. The van der Waals surface area contributed by atoms with Gasteiger partial charge < -0.3 is 19.3 Å². The molecule has 1 N–H and O–H groups in total. The van der Waals surface area contributed by atoms with Crippen LogP contribution in [0.1, 0.15) is 24.5 Å². The maximum absolute atomic E-state index is 10.8. The van der Waals surface area contributed by atoms with Gasteiger partial charge in [0.05, 0.1) is 7.11 Å². The van der Waals surface area contributed by atoms with Gasteiger partial charge in [0.25, 0.3) is 0 Å². The van der Waals surface area contributed by atoms with Gasteiger partial charge in [0.1, 0.15) is 19.0 Å². The Kier molecular flexibility index (Phi) is 7.14. The van der Waals surface area contributed by atoms with Crippen molar-refractivity contribution >= 4 is 5.97 Å². The minimum Gasteiger partial charge on any atom is -0.493 e. The van der Waals surface area contributed by atoms with Crippen LogP contribution >= 0.6 is 0 Å². The summed E-state index contributed by atoms with van der Waals surface area (Å²) in [6, 6.07) is 13.4. The molecule has 0 saturated carbocycles. The number of carbonyl (C=O) groups is 1. The first-order valence-electron chi connectivity index (χ1n) is 8.36. The van der Waals surface area contributed by atoms with E-state index in [1.54, 1.807) is 13.2 Å². The van der Waals surface area contributed by atoms with Crippen molar-refractivity contribution < 1.29 is 24.1 Å². The van der Waals surface area contributed by atoms with Crippen molar-refractivity contribution in [3.05, 3.63) is 53.6 Å². The second-order valence-electron chi connectivity index (χ2n) is 5.54. The second-order valence-corrected chi connectivity index (χ2v) is 5.54. The van der Waals surface area contributed by atoms with Crippen LogP contribution in [-0.2, 0) is 17.6 Å². The van der Waals surface area contributed by atoms with Crippen LogP contribution < -0.4 is 14.2 Å². The predicted octanol–water partition coefficient (Wildman–Crippen LogP) is 3.73. The lowest BCUT2D eigenvalue weighted by atomic mass is 10.1. The third-order valence-corrected chi connectivity index (χ3v) is 3.82. The van der Waals surface area contributed by atoms with Crippen molar-refractivity contribution in [2.24, 2.45) is 0 Å². The molecule has 0 heterocycles. The summed E-state index contributed by atoms with van der Waals surface area (Å²) in [7, 11) is 1.56. The zero-order valence-electron chi connectivity index (χ0n) is 14.7. The SMILES string of the molecule is CCc1ccc(OCCOc2c(CCC(=O)O)cccc2OC)cc1. The molecule has 0 spiro atoms. The minimum absolute atomic E-state index is 0.0454. The zero-order valence-corrected chi connectivity index (χ0v) is 14.7. The molecule has 134 valence electrons. The summed E-state index contributed by atoms with van der Waals surface area (Å²) in [4.78, 5) is 10.8. The fourth-order valence-electron chi connectivity index (χ4n) is 2.45. The number of carboxylic acid groups (broad SMARTS) is 1. The van der Waals surface area contributed by atoms with Crippen molar-refractivity contribution in [2.75, 3.05) is 20.3 Å². The Morgan fingerprint density at radius 2 is 1.76 bits per heavy atom. The lowest BCUT2D eigenvalue weighted by Gasteiger charge is -2.15. The number of rotatable bonds is 10. The summed E-state index contributed by atoms with van der Waals surface area (Å²) in [5, 5.41) is 8.88. The molecular formula is C20H24O5. The minimum atomic E-state index is -0.840. The van der Waals surface area contributed by atoms with Gasteiger partial charge in [-0.25, -0.2) is 0 Å². The van der Waals surface area contributed by atoms with Gasteiger partial charge in [0.2, 0.25) is 0 Å². The first kappa shape index (κ1) is 18.6. The van der Waals surface area contributed by atoms with E-state index in [1.165, 1.54) is 5.56 Å². The summed E-state index contributed by atoms with van der Waals surface area (Å²) in [5.74, 6) is 1.13. The maximum atomic E-state index is 10.8. The molecule has 5 nitrogen and oxygen atoms in total. The normalized spacial score (nSPS) is 10.3. The van der Waals surface area contributed by atoms with E-state index in [9.17, 15) is 4.79 Å². The highest BCUT2D eigenvalue weighted by atomic mass is 16.5. The number of carboxylic acids is 1. The monoisotopic (exact) mass is 344 g/mol. The third kappa shape index (κ3) is 5.71. The molecule has 5 heteroatoms. The number of aliphatic carboxylic acids is 1. The maximum Gasteiger partial charge on any atom is 0.303 e. The Labute approximate surface area is 148 Å². The van der Waals surface area contributed by atoms with Gasteiger partial charge in [0, 0.05) is 6.42 Å². The molecule has 0 radical (unpaired) electrons. The highest BCUT2D eigenvalue weighted by molar-refractivity contribution is 5.67. The largest absolute Gasteiger partial charge is 0.493 e. The van der Waals surface area contributed by atoms with Crippen LogP contribution in [0.2, 0.25) is 0 Å². The van der Waals surface area contributed by atoms with Crippen LogP contribution in [0.4, 0.5) is 0 Å². The number of para-hydroxylation sites is 1. The standard InChI is InChI=1S/C20H24O5/c1-3-15-7-10-17(11-8-15)24-13-14-25-20-16(9-12-19(21)22)5-4-6-18(20)23-2/h4-8,10-11H,3,9,12-14H2,1-2H3,(H,21,22). The molecule has 0 fully saturated rings. The topological polar surface area (TPSA) is 65.0 Å². The second kappa shape index (κ2) is 9.57. The first-order chi connectivity index (χ1) is 12.1. The van der Waals surface area contributed by atoms with Gasteiger partial charge in [-0.05, 0) is 42.2 Å². The fraction of sp³-hybridized carbons (Fsp3) is 0.350.